The van der Waals surface area contributed by atoms with Crippen molar-refractivity contribution in [2.45, 2.75) is 39.8 Å². The highest BCUT2D eigenvalue weighted by atomic mass is 19.1. The van der Waals surface area contributed by atoms with Gasteiger partial charge in [-0.1, -0.05) is 26.0 Å². The van der Waals surface area contributed by atoms with Crippen LogP contribution in [-0.2, 0) is 17.9 Å². The quantitative estimate of drug-likeness (QED) is 0.276. The van der Waals surface area contributed by atoms with E-state index in [4.69, 9.17) is 10.1 Å². The van der Waals surface area contributed by atoms with Crippen LogP contribution in [0, 0.1) is 5.82 Å². The Morgan fingerprint density at radius 1 is 1.02 bits per heavy atom. The summed E-state index contributed by atoms with van der Waals surface area (Å²) in [6.45, 7) is 6.52. The first-order valence-corrected chi connectivity index (χ1v) is 12.9. The smallest absolute Gasteiger partial charge is 0.276 e. The Bertz CT molecular complexity index is 1760. The van der Waals surface area contributed by atoms with Gasteiger partial charge in [0.25, 0.3) is 5.91 Å². The number of aromatic nitrogens is 5. The van der Waals surface area contributed by atoms with Gasteiger partial charge in [-0.25, -0.2) is 13.9 Å². The molecule has 0 radical (unpaired) electrons. The first kappa shape index (κ1) is 25.2. The van der Waals surface area contributed by atoms with E-state index in [1.807, 2.05) is 26.0 Å². The third kappa shape index (κ3) is 4.66. The van der Waals surface area contributed by atoms with Crippen molar-refractivity contribution in [2.75, 3.05) is 15.5 Å². The number of H-pyrrole nitrogens is 1. The number of halogens is 1. The minimum Gasteiger partial charge on any atom is -0.348 e. The molecule has 0 bridgehead atoms. The monoisotopic (exact) mass is 538 g/mol. The van der Waals surface area contributed by atoms with Crippen LogP contribution >= 0.6 is 0 Å². The SMILES string of the molecule is CC(=O)Nc1cccc(NC(=O)c2nn3c(-c4cn[nH]c4)cc(N4Cc5ccc(F)cc5C4)nc3c2C(C)C)c1. The molecule has 5 aromatic rings. The van der Waals surface area contributed by atoms with Crippen LogP contribution in [0.3, 0.4) is 0 Å². The zero-order valence-electron chi connectivity index (χ0n) is 22.2. The van der Waals surface area contributed by atoms with Crippen LogP contribution in [0.2, 0.25) is 0 Å². The molecule has 0 spiro atoms. The summed E-state index contributed by atoms with van der Waals surface area (Å²) < 4.78 is 15.6. The number of amides is 2. The minimum atomic E-state index is -0.391. The highest BCUT2D eigenvalue weighted by Gasteiger charge is 2.28. The molecular weight excluding hydrogens is 511 g/mol. The van der Waals surface area contributed by atoms with Gasteiger partial charge in [-0.2, -0.15) is 10.2 Å². The number of aromatic amines is 1. The van der Waals surface area contributed by atoms with Crippen LogP contribution in [0.5, 0.6) is 0 Å². The number of fused-ring (bicyclic) bond motifs is 2. The Morgan fingerprint density at radius 2 is 1.80 bits per heavy atom. The standard InChI is InChI=1S/C29H27FN8O2/c1-16(2)26-27(29(40)34-23-6-4-5-22(10-23)33-17(3)39)36-38-24(20-12-31-32-13-20)11-25(35-28(26)38)37-14-18-7-8-21(30)9-19(18)15-37/h4-13,16H,14-15H2,1-3H3,(H,31,32)(H,33,39)(H,34,40). The van der Waals surface area contributed by atoms with Crippen LogP contribution in [0.1, 0.15) is 53.9 Å². The molecule has 0 saturated carbocycles. The molecule has 11 heteroatoms. The van der Waals surface area contributed by atoms with E-state index in [9.17, 15) is 14.0 Å². The summed E-state index contributed by atoms with van der Waals surface area (Å²) in [5, 5.41) is 17.3. The van der Waals surface area contributed by atoms with Crippen LogP contribution in [-0.4, -0.2) is 36.6 Å². The molecule has 0 atom stereocenters. The van der Waals surface area contributed by atoms with Crippen molar-refractivity contribution in [1.82, 2.24) is 24.8 Å². The van der Waals surface area contributed by atoms with E-state index in [0.29, 0.717) is 47.2 Å². The highest BCUT2D eigenvalue weighted by molar-refractivity contribution is 6.05. The summed E-state index contributed by atoms with van der Waals surface area (Å²) in [6, 6.07) is 13.7. The molecule has 0 fully saturated rings. The number of rotatable bonds is 6. The predicted molar refractivity (Wildman–Crippen MR) is 150 cm³/mol. The number of hydrogen-bond donors (Lipinski definition) is 3. The topological polar surface area (TPSA) is 120 Å². The molecule has 2 aromatic carbocycles. The molecule has 202 valence electrons. The predicted octanol–water partition coefficient (Wildman–Crippen LogP) is 5.11. The summed E-state index contributed by atoms with van der Waals surface area (Å²) in [4.78, 5) is 32.1. The fourth-order valence-corrected chi connectivity index (χ4v) is 5.07. The van der Waals surface area contributed by atoms with E-state index in [2.05, 4.69) is 25.7 Å². The number of carbonyl (C=O) groups excluding carboxylic acids is 2. The molecule has 0 saturated heterocycles. The lowest BCUT2D eigenvalue weighted by atomic mass is 10.0. The van der Waals surface area contributed by atoms with E-state index in [1.165, 1.54) is 13.0 Å². The lowest BCUT2D eigenvalue weighted by molar-refractivity contribution is -0.114. The molecule has 10 nitrogen and oxygen atoms in total. The van der Waals surface area contributed by atoms with Gasteiger partial charge >= 0.3 is 0 Å². The normalized spacial score (nSPS) is 12.7. The molecule has 3 N–H and O–H groups in total. The molecule has 0 aliphatic carbocycles. The Balaban J connectivity index is 1.44. The molecule has 3 aromatic heterocycles. The lowest BCUT2D eigenvalue weighted by Crippen LogP contribution is -2.17. The molecule has 4 heterocycles. The second-order valence-electron chi connectivity index (χ2n) is 10.1. The number of carbonyl (C=O) groups is 2. The summed E-state index contributed by atoms with van der Waals surface area (Å²) in [5.74, 6) is -0.242. The van der Waals surface area contributed by atoms with Gasteiger partial charge in [-0.05, 0) is 47.4 Å². The maximum absolute atomic E-state index is 13.9. The third-order valence-corrected chi connectivity index (χ3v) is 6.85. The zero-order chi connectivity index (χ0) is 28.0. The van der Waals surface area contributed by atoms with Gasteiger partial charge in [0, 0.05) is 54.8 Å². The second kappa shape index (κ2) is 9.92. The van der Waals surface area contributed by atoms with Crippen molar-refractivity contribution in [1.29, 1.82) is 0 Å². The van der Waals surface area contributed by atoms with E-state index in [0.717, 1.165) is 16.7 Å². The van der Waals surface area contributed by atoms with E-state index < -0.39 is 5.91 Å². The Labute approximate surface area is 229 Å². The summed E-state index contributed by atoms with van der Waals surface area (Å²) >= 11 is 0. The van der Waals surface area contributed by atoms with Gasteiger partial charge in [0.1, 0.15) is 11.6 Å². The van der Waals surface area contributed by atoms with Crippen molar-refractivity contribution >= 4 is 34.7 Å². The maximum Gasteiger partial charge on any atom is 0.276 e. The van der Waals surface area contributed by atoms with E-state index >= 15 is 0 Å². The van der Waals surface area contributed by atoms with Crippen molar-refractivity contribution in [3.8, 4) is 11.3 Å². The van der Waals surface area contributed by atoms with Crippen LogP contribution in [0.25, 0.3) is 16.9 Å². The summed E-state index contributed by atoms with van der Waals surface area (Å²) in [6.07, 6.45) is 3.45. The van der Waals surface area contributed by atoms with Gasteiger partial charge in [0.2, 0.25) is 5.91 Å². The second-order valence-corrected chi connectivity index (χ2v) is 10.1. The average molecular weight is 539 g/mol. The number of hydrogen-bond acceptors (Lipinski definition) is 6. The largest absolute Gasteiger partial charge is 0.348 e. The van der Waals surface area contributed by atoms with Crippen LogP contribution < -0.4 is 15.5 Å². The van der Waals surface area contributed by atoms with Gasteiger partial charge in [0.15, 0.2) is 11.3 Å². The average Bonchev–Trinajstić information content (AvgIpc) is 3.65. The number of nitrogens with zero attached hydrogens (tertiary/aromatic N) is 5. The van der Waals surface area contributed by atoms with Crippen molar-refractivity contribution in [3.63, 3.8) is 0 Å². The maximum atomic E-state index is 13.9. The molecule has 0 unspecified atom stereocenters. The molecule has 6 rings (SSSR count). The minimum absolute atomic E-state index is 0.0752. The van der Waals surface area contributed by atoms with Gasteiger partial charge in [-0.15, -0.1) is 0 Å². The molecule has 2 amide bonds. The highest BCUT2D eigenvalue weighted by Crippen LogP contribution is 2.34. The van der Waals surface area contributed by atoms with Crippen molar-refractivity contribution in [2.24, 2.45) is 0 Å². The fraction of sp³-hybridized carbons (Fsp3) is 0.207. The molecule has 1 aliphatic rings. The van der Waals surface area contributed by atoms with Crippen molar-refractivity contribution in [3.05, 3.63) is 89.1 Å². The van der Waals surface area contributed by atoms with E-state index in [1.54, 1.807) is 47.2 Å². The molecular formula is C29H27FN8O2. The van der Waals surface area contributed by atoms with Crippen LogP contribution in [0.15, 0.2) is 60.9 Å². The Hall–Kier alpha value is -5.06. The molecule has 40 heavy (non-hydrogen) atoms. The fourth-order valence-electron chi connectivity index (χ4n) is 5.07. The number of benzene rings is 2. The number of nitrogens with one attached hydrogen (secondary N) is 3. The summed E-state index contributed by atoms with van der Waals surface area (Å²) in [7, 11) is 0. The first-order chi connectivity index (χ1) is 19.3. The molecule has 1 aliphatic heterocycles. The number of anilines is 3. The van der Waals surface area contributed by atoms with E-state index in [-0.39, 0.29) is 23.3 Å². The first-order valence-electron chi connectivity index (χ1n) is 12.9. The van der Waals surface area contributed by atoms with Crippen LogP contribution in [0.4, 0.5) is 21.6 Å². The Morgan fingerprint density at radius 3 is 2.52 bits per heavy atom. The van der Waals surface area contributed by atoms with Gasteiger partial charge < -0.3 is 15.5 Å². The lowest BCUT2D eigenvalue weighted by Gasteiger charge is -2.18. The summed E-state index contributed by atoms with van der Waals surface area (Å²) in [5.41, 5.74) is 6.07. The van der Waals surface area contributed by atoms with Gasteiger partial charge in [-0.3, -0.25) is 14.7 Å². The Kier molecular flexibility index (Phi) is 6.25. The van der Waals surface area contributed by atoms with Crippen molar-refractivity contribution < 1.29 is 14.0 Å². The third-order valence-electron chi connectivity index (χ3n) is 6.85. The zero-order valence-corrected chi connectivity index (χ0v) is 22.2. The van der Waals surface area contributed by atoms with Gasteiger partial charge in [0.05, 0.1) is 11.9 Å².